The molecular formula is C18H28N2O. The first-order valence-electron chi connectivity index (χ1n) is 8.46. The van der Waals surface area contributed by atoms with E-state index in [1.165, 1.54) is 30.5 Å². The van der Waals surface area contributed by atoms with Crippen LogP contribution >= 0.6 is 0 Å². The van der Waals surface area contributed by atoms with Crippen molar-refractivity contribution in [2.24, 2.45) is 0 Å². The molecular weight excluding hydrogens is 260 g/mol. The molecule has 1 heterocycles. The number of likely N-dealkylation sites (N-methyl/N-ethyl adjacent to an activating group) is 1. The van der Waals surface area contributed by atoms with E-state index in [-0.39, 0.29) is 0 Å². The van der Waals surface area contributed by atoms with Crippen molar-refractivity contribution < 1.29 is 4.74 Å². The molecule has 1 saturated heterocycles. The van der Waals surface area contributed by atoms with Crippen LogP contribution in [0, 0.1) is 0 Å². The van der Waals surface area contributed by atoms with E-state index in [0.29, 0.717) is 18.2 Å². The van der Waals surface area contributed by atoms with Crippen molar-refractivity contribution >= 4 is 0 Å². The molecule has 0 aromatic heterocycles. The summed E-state index contributed by atoms with van der Waals surface area (Å²) >= 11 is 0. The molecule has 3 rings (SSSR count). The number of ether oxygens (including phenoxy) is 1. The first kappa shape index (κ1) is 15.0. The van der Waals surface area contributed by atoms with Gasteiger partial charge in [0.1, 0.15) is 0 Å². The van der Waals surface area contributed by atoms with Gasteiger partial charge in [0.05, 0.1) is 6.10 Å². The minimum Gasteiger partial charge on any atom is -0.377 e. The molecule has 0 radical (unpaired) electrons. The third-order valence-electron chi connectivity index (χ3n) is 4.86. The van der Waals surface area contributed by atoms with Crippen molar-refractivity contribution in [2.45, 2.75) is 51.3 Å². The summed E-state index contributed by atoms with van der Waals surface area (Å²) in [4.78, 5) is 2.67. The molecule has 3 unspecified atom stereocenters. The molecule has 116 valence electrons. The highest BCUT2D eigenvalue weighted by molar-refractivity contribution is 5.34. The average molecular weight is 288 g/mol. The van der Waals surface area contributed by atoms with E-state index in [1.807, 2.05) is 0 Å². The van der Waals surface area contributed by atoms with Gasteiger partial charge in [0.15, 0.2) is 0 Å². The highest BCUT2D eigenvalue weighted by Gasteiger charge is 2.34. The molecule has 2 aliphatic rings. The Kier molecular flexibility index (Phi) is 4.94. The number of rotatable bonds is 3. The fourth-order valence-electron chi connectivity index (χ4n) is 3.93. The molecule has 0 amide bonds. The van der Waals surface area contributed by atoms with Crippen LogP contribution in [0.2, 0.25) is 0 Å². The Hall–Kier alpha value is -0.900. The van der Waals surface area contributed by atoms with Crippen molar-refractivity contribution in [3.05, 3.63) is 35.4 Å². The normalized spacial score (nSPS) is 30.7. The largest absolute Gasteiger partial charge is 0.377 e. The van der Waals surface area contributed by atoms with Crippen molar-refractivity contribution in [2.75, 3.05) is 26.2 Å². The first-order valence-corrected chi connectivity index (χ1v) is 8.46. The van der Waals surface area contributed by atoms with E-state index in [9.17, 15) is 0 Å². The van der Waals surface area contributed by atoms with Crippen LogP contribution in [0.15, 0.2) is 24.3 Å². The maximum absolute atomic E-state index is 5.83. The van der Waals surface area contributed by atoms with Gasteiger partial charge in [0.25, 0.3) is 0 Å². The predicted octanol–water partition coefficient (Wildman–Crippen LogP) is 2.76. The second-order valence-corrected chi connectivity index (χ2v) is 6.37. The van der Waals surface area contributed by atoms with Crippen molar-refractivity contribution in [1.82, 2.24) is 10.2 Å². The summed E-state index contributed by atoms with van der Waals surface area (Å²) in [7, 11) is 0. The third-order valence-corrected chi connectivity index (χ3v) is 4.86. The molecule has 21 heavy (non-hydrogen) atoms. The zero-order chi connectivity index (χ0) is 14.7. The van der Waals surface area contributed by atoms with Gasteiger partial charge in [-0.25, -0.2) is 0 Å². The Morgan fingerprint density at radius 2 is 2.19 bits per heavy atom. The lowest BCUT2D eigenvalue weighted by molar-refractivity contribution is 0.0536. The maximum atomic E-state index is 5.83. The summed E-state index contributed by atoms with van der Waals surface area (Å²) in [6.45, 7) is 8.58. The van der Waals surface area contributed by atoms with Gasteiger partial charge in [-0.05, 0) is 43.9 Å². The van der Waals surface area contributed by atoms with Crippen LogP contribution in [0.3, 0.4) is 0 Å². The standard InChI is InChI=1S/C18H28N2O/c1-3-19-18-16-8-5-4-7-15(16)9-10-17(18)20-11-6-12-21-14(2)13-20/h4-5,7-8,14,17-19H,3,6,9-13H2,1-2H3. The van der Waals surface area contributed by atoms with Crippen LogP contribution in [0.5, 0.6) is 0 Å². The van der Waals surface area contributed by atoms with Gasteiger partial charge in [-0.2, -0.15) is 0 Å². The Morgan fingerprint density at radius 1 is 1.33 bits per heavy atom. The minimum absolute atomic E-state index is 0.354. The molecule has 1 N–H and O–H groups in total. The van der Waals surface area contributed by atoms with Crippen molar-refractivity contribution in [3.8, 4) is 0 Å². The quantitative estimate of drug-likeness (QED) is 0.925. The van der Waals surface area contributed by atoms with Crippen LogP contribution in [0.4, 0.5) is 0 Å². The Bertz CT molecular complexity index is 462. The van der Waals surface area contributed by atoms with Crippen LogP contribution in [-0.4, -0.2) is 43.3 Å². The zero-order valence-electron chi connectivity index (χ0n) is 13.3. The van der Waals surface area contributed by atoms with E-state index in [0.717, 1.165) is 26.1 Å². The molecule has 0 spiro atoms. The highest BCUT2D eigenvalue weighted by Crippen LogP contribution is 2.33. The molecule has 1 aliphatic carbocycles. The average Bonchev–Trinajstić information content (AvgIpc) is 2.72. The summed E-state index contributed by atoms with van der Waals surface area (Å²) in [6, 6.07) is 10.0. The van der Waals surface area contributed by atoms with Gasteiger partial charge in [-0.3, -0.25) is 4.90 Å². The number of nitrogens with zero attached hydrogens (tertiary/aromatic N) is 1. The summed E-state index contributed by atoms with van der Waals surface area (Å²) in [5, 5.41) is 3.74. The summed E-state index contributed by atoms with van der Waals surface area (Å²) in [6.07, 6.45) is 3.96. The lowest BCUT2D eigenvalue weighted by Crippen LogP contribution is -2.49. The molecule has 3 heteroatoms. The SMILES string of the molecule is CCNC1c2ccccc2CCC1N1CCCOC(C)C1. The number of hydrogen-bond donors (Lipinski definition) is 1. The zero-order valence-corrected chi connectivity index (χ0v) is 13.3. The Balaban J connectivity index is 1.84. The molecule has 3 atom stereocenters. The number of aryl methyl sites for hydroxylation is 1. The molecule has 1 aliphatic heterocycles. The van der Waals surface area contributed by atoms with E-state index < -0.39 is 0 Å². The van der Waals surface area contributed by atoms with Crippen LogP contribution in [-0.2, 0) is 11.2 Å². The fraction of sp³-hybridized carbons (Fsp3) is 0.667. The molecule has 0 saturated carbocycles. The van der Waals surface area contributed by atoms with Crippen molar-refractivity contribution in [1.29, 1.82) is 0 Å². The maximum Gasteiger partial charge on any atom is 0.0674 e. The minimum atomic E-state index is 0.354. The Labute approximate surface area is 128 Å². The van der Waals surface area contributed by atoms with Crippen LogP contribution in [0.25, 0.3) is 0 Å². The molecule has 3 nitrogen and oxygen atoms in total. The number of hydrogen-bond acceptors (Lipinski definition) is 3. The third kappa shape index (κ3) is 3.31. The second kappa shape index (κ2) is 6.91. The van der Waals surface area contributed by atoms with Gasteiger partial charge < -0.3 is 10.1 Å². The monoisotopic (exact) mass is 288 g/mol. The van der Waals surface area contributed by atoms with Gasteiger partial charge >= 0.3 is 0 Å². The molecule has 1 aromatic carbocycles. The van der Waals surface area contributed by atoms with E-state index in [1.54, 1.807) is 0 Å². The second-order valence-electron chi connectivity index (χ2n) is 6.37. The van der Waals surface area contributed by atoms with Crippen LogP contribution in [0.1, 0.15) is 43.9 Å². The van der Waals surface area contributed by atoms with Gasteiger partial charge in [0.2, 0.25) is 0 Å². The molecule has 1 fully saturated rings. The molecule has 0 bridgehead atoms. The lowest BCUT2D eigenvalue weighted by Gasteiger charge is -2.41. The van der Waals surface area contributed by atoms with E-state index >= 15 is 0 Å². The van der Waals surface area contributed by atoms with E-state index in [4.69, 9.17) is 4.74 Å². The van der Waals surface area contributed by atoms with Crippen LogP contribution < -0.4 is 5.32 Å². The van der Waals surface area contributed by atoms with Gasteiger partial charge in [0, 0.05) is 31.8 Å². The smallest absolute Gasteiger partial charge is 0.0674 e. The Morgan fingerprint density at radius 3 is 3.05 bits per heavy atom. The lowest BCUT2D eigenvalue weighted by atomic mass is 9.83. The molecule has 1 aromatic rings. The summed E-state index contributed by atoms with van der Waals surface area (Å²) in [5.41, 5.74) is 3.03. The van der Waals surface area contributed by atoms with E-state index in [2.05, 4.69) is 48.3 Å². The number of nitrogens with one attached hydrogen (secondary N) is 1. The van der Waals surface area contributed by atoms with Crippen molar-refractivity contribution in [3.63, 3.8) is 0 Å². The first-order chi connectivity index (χ1) is 10.3. The highest BCUT2D eigenvalue weighted by atomic mass is 16.5. The predicted molar refractivity (Wildman–Crippen MR) is 86.6 cm³/mol. The topological polar surface area (TPSA) is 24.5 Å². The fourth-order valence-corrected chi connectivity index (χ4v) is 3.93. The summed E-state index contributed by atoms with van der Waals surface area (Å²) in [5.74, 6) is 0. The summed E-state index contributed by atoms with van der Waals surface area (Å²) < 4.78 is 5.83. The number of benzene rings is 1. The van der Waals surface area contributed by atoms with Gasteiger partial charge in [-0.1, -0.05) is 31.2 Å². The number of fused-ring (bicyclic) bond motifs is 1. The van der Waals surface area contributed by atoms with Gasteiger partial charge in [-0.15, -0.1) is 0 Å².